The number of aliphatic hydroxyl groups is 1. The number of amides is 1. The van der Waals surface area contributed by atoms with Gasteiger partial charge in [0.25, 0.3) is 15.2 Å². The van der Waals surface area contributed by atoms with Crippen molar-refractivity contribution in [3.8, 4) is 0 Å². The summed E-state index contributed by atoms with van der Waals surface area (Å²) in [7, 11) is -4.81. The second kappa shape index (κ2) is 7.10. The maximum atomic E-state index is 13.2. The van der Waals surface area contributed by atoms with Crippen molar-refractivity contribution in [2.75, 3.05) is 0 Å². The molecular weight excluding hydrogens is 386 g/mol. The van der Waals surface area contributed by atoms with Gasteiger partial charge in [-0.15, -0.1) is 0 Å². The number of hydrogen-bond donors (Lipinski definition) is 2. The Morgan fingerprint density at radius 3 is 2.44 bits per heavy atom. The maximum Gasteiger partial charge on any atom is 0.417 e. The quantitative estimate of drug-likeness (QED) is 0.764. The van der Waals surface area contributed by atoms with E-state index in [0.29, 0.717) is 0 Å². The van der Waals surface area contributed by atoms with Gasteiger partial charge in [-0.25, -0.2) is 4.39 Å². The van der Waals surface area contributed by atoms with Crippen molar-refractivity contribution in [1.29, 1.82) is 0 Å². The molecule has 0 aliphatic carbocycles. The number of nitrogens with one attached hydrogen (secondary N) is 1. The fourth-order valence-electron chi connectivity index (χ4n) is 2.01. The highest BCUT2D eigenvalue weighted by atomic mass is 32.9. The predicted octanol–water partition coefficient (Wildman–Crippen LogP) is 1.95. The normalized spacial score (nSPS) is 18.4. The number of benzene rings is 1. The molecule has 2 atom stereocenters. The zero-order valence-corrected chi connectivity index (χ0v) is 14.1. The minimum Gasteiger partial charge on any atom is -0.384 e. The largest absolute Gasteiger partial charge is 0.417 e. The van der Waals surface area contributed by atoms with E-state index in [-0.39, 0.29) is 16.0 Å². The predicted molar refractivity (Wildman–Crippen MR) is 83.6 cm³/mol. The molecule has 5 nitrogen and oxygen atoms in total. The standard InChI is InChI=1S/C14H11F4NO4S2/c1-7(20)13(21)19-12-5-4-11(24(12)25(22)23)9-3-2-8(15)6-10(9)14(16,17)18/h2-7,20H,1H3,(H,19,21). The Hall–Kier alpha value is -1.98. The third kappa shape index (κ3) is 4.17. The van der Waals surface area contributed by atoms with E-state index in [9.17, 15) is 35.9 Å². The molecule has 0 saturated carbocycles. The Labute approximate surface area is 142 Å². The summed E-state index contributed by atoms with van der Waals surface area (Å²) in [5, 5.41) is 11.2. The topological polar surface area (TPSA) is 83.5 Å². The molecule has 1 heterocycles. The van der Waals surface area contributed by atoms with Gasteiger partial charge in [-0.2, -0.15) is 21.6 Å². The zero-order valence-electron chi connectivity index (χ0n) is 12.5. The van der Waals surface area contributed by atoms with Crippen LogP contribution in [0.15, 0.2) is 35.4 Å². The number of aliphatic hydroxyl groups excluding tert-OH is 1. The fraction of sp³-hybridized carbons (Fsp3) is 0.214. The van der Waals surface area contributed by atoms with Crippen LogP contribution >= 0.6 is 0 Å². The first kappa shape index (κ1) is 19.3. The van der Waals surface area contributed by atoms with Crippen molar-refractivity contribution in [2.24, 2.45) is 0 Å². The minimum absolute atomic E-state index is 0.174. The SMILES string of the molecule is CC(O)C(=O)NC1=CC=C(c2ccc(F)cc2C(F)(F)F)S1=S(=O)=O. The van der Waals surface area contributed by atoms with Crippen LogP contribution < -0.4 is 5.32 Å². The number of halogens is 4. The van der Waals surface area contributed by atoms with E-state index in [4.69, 9.17) is 0 Å². The summed E-state index contributed by atoms with van der Waals surface area (Å²) in [5.41, 5.74) is -1.82. The molecule has 1 aliphatic rings. The molecule has 2 N–H and O–H groups in total. The van der Waals surface area contributed by atoms with Crippen molar-refractivity contribution in [1.82, 2.24) is 5.32 Å². The Kier molecular flexibility index (Phi) is 5.49. The van der Waals surface area contributed by atoms with Crippen LogP contribution in [0.25, 0.3) is 4.91 Å². The first-order chi connectivity index (χ1) is 11.5. The highest BCUT2D eigenvalue weighted by Crippen LogP contribution is 2.39. The molecule has 0 radical (unpaired) electrons. The third-order valence-corrected chi connectivity index (χ3v) is 6.66. The van der Waals surface area contributed by atoms with E-state index in [1.54, 1.807) is 0 Å². The molecule has 0 aromatic heterocycles. The zero-order chi connectivity index (χ0) is 18.9. The molecule has 1 aromatic rings. The van der Waals surface area contributed by atoms with Crippen molar-refractivity contribution >= 4 is 29.5 Å². The van der Waals surface area contributed by atoms with Gasteiger partial charge in [0.15, 0.2) is 0 Å². The lowest BCUT2D eigenvalue weighted by molar-refractivity contribution is -0.138. The van der Waals surface area contributed by atoms with E-state index < -0.39 is 53.8 Å². The Morgan fingerprint density at radius 2 is 1.92 bits per heavy atom. The van der Waals surface area contributed by atoms with Gasteiger partial charge in [0.2, 0.25) is 0 Å². The molecule has 25 heavy (non-hydrogen) atoms. The van der Waals surface area contributed by atoms with Crippen molar-refractivity contribution < 1.29 is 35.9 Å². The second-order valence-electron chi connectivity index (χ2n) is 4.89. The number of allylic oxidation sites excluding steroid dienone is 2. The molecule has 0 saturated heterocycles. The fourth-order valence-corrected chi connectivity index (χ4v) is 5.10. The van der Waals surface area contributed by atoms with Crippen LogP contribution in [0.1, 0.15) is 18.1 Å². The smallest absolute Gasteiger partial charge is 0.384 e. The molecule has 0 fully saturated rings. The van der Waals surface area contributed by atoms with E-state index in [1.807, 2.05) is 0 Å². The molecule has 1 aromatic carbocycles. The van der Waals surface area contributed by atoms with Crippen LogP contribution in [0, 0.1) is 5.82 Å². The molecular formula is C14H11F4NO4S2. The summed E-state index contributed by atoms with van der Waals surface area (Å²) in [6, 6.07) is 1.90. The second-order valence-corrected chi connectivity index (χ2v) is 8.53. The van der Waals surface area contributed by atoms with Gasteiger partial charge in [0.1, 0.15) is 11.9 Å². The summed E-state index contributed by atoms with van der Waals surface area (Å²) in [6.07, 6.45) is -4.09. The summed E-state index contributed by atoms with van der Waals surface area (Å²) in [6.45, 7) is 1.15. The molecule has 2 unspecified atom stereocenters. The Balaban J connectivity index is 2.54. The Morgan fingerprint density at radius 1 is 1.28 bits per heavy atom. The lowest BCUT2D eigenvalue weighted by atomic mass is 10.1. The third-order valence-electron chi connectivity index (χ3n) is 3.10. The van der Waals surface area contributed by atoms with Crippen molar-refractivity contribution in [3.63, 3.8) is 0 Å². The Bertz CT molecular complexity index is 923. The number of hydrogen-bond acceptors (Lipinski definition) is 4. The van der Waals surface area contributed by atoms with Crippen LogP contribution in [0.4, 0.5) is 17.6 Å². The van der Waals surface area contributed by atoms with Crippen molar-refractivity contribution in [3.05, 3.63) is 52.3 Å². The van der Waals surface area contributed by atoms with E-state index in [0.717, 1.165) is 31.2 Å². The highest BCUT2D eigenvalue weighted by Gasteiger charge is 2.36. The number of carbonyl (C=O) groups is 1. The van der Waals surface area contributed by atoms with Gasteiger partial charge in [0, 0.05) is 19.9 Å². The van der Waals surface area contributed by atoms with E-state index >= 15 is 0 Å². The first-order valence-corrected chi connectivity index (χ1v) is 9.46. The average Bonchev–Trinajstić information content (AvgIpc) is 2.89. The molecule has 136 valence electrons. The van der Waals surface area contributed by atoms with E-state index in [2.05, 4.69) is 5.32 Å². The molecule has 0 spiro atoms. The summed E-state index contributed by atoms with van der Waals surface area (Å²) >= 11 is 0. The summed E-state index contributed by atoms with van der Waals surface area (Å²) < 4.78 is 75.8. The van der Waals surface area contributed by atoms with Crippen LogP contribution in [-0.4, -0.2) is 25.5 Å². The number of alkyl halides is 3. The van der Waals surface area contributed by atoms with Gasteiger partial charge in [-0.1, -0.05) is 6.07 Å². The molecule has 11 heteroatoms. The van der Waals surface area contributed by atoms with Crippen molar-refractivity contribution in [2.45, 2.75) is 19.2 Å². The van der Waals surface area contributed by atoms with Crippen LogP contribution in [0.2, 0.25) is 0 Å². The molecule has 1 amide bonds. The molecule has 0 bridgehead atoms. The number of rotatable bonds is 3. The van der Waals surface area contributed by atoms with Crippen LogP contribution in [-0.2, 0) is 29.7 Å². The first-order valence-electron chi connectivity index (χ1n) is 6.64. The van der Waals surface area contributed by atoms with Crippen LogP contribution in [0.3, 0.4) is 0 Å². The van der Waals surface area contributed by atoms with Crippen LogP contribution in [0.5, 0.6) is 0 Å². The maximum absolute atomic E-state index is 13.2. The highest BCUT2D eigenvalue weighted by molar-refractivity contribution is 8.40. The van der Waals surface area contributed by atoms with E-state index in [1.165, 1.54) is 0 Å². The van der Waals surface area contributed by atoms with Gasteiger partial charge in [-0.05, 0) is 31.2 Å². The average molecular weight is 397 g/mol. The lowest BCUT2D eigenvalue weighted by Crippen LogP contribution is -2.32. The van der Waals surface area contributed by atoms with Gasteiger partial charge in [-0.3, -0.25) is 4.79 Å². The van der Waals surface area contributed by atoms with Gasteiger partial charge in [0.05, 0.1) is 10.6 Å². The van der Waals surface area contributed by atoms with Gasteiger partial charge >= 0.3 is 6.18 Å². The summed E-state index contributed by atoms with van der Waals surface area (Å²) in [5.74, 6) is -2.02. The van der Waals surface area contributed by atoms with Gasteiger partial charge < -0.3 is 10.4 Å². The lowest BCUT2D eigenvalue weighted by Gasteiger charge is -2.15. The number of carbonyl (C=O) groups excluding carboxylic acids is 1. The summed E-state index contributed by atoms with van der Waals surface area (Å²) in [4.78, 5) is 11.3. The molecule has 1 aliphatic heterocycles. The minimum atomic E-state index is -4.90. The monoisotopic (exact) mass is 397 g/mol. The molecule has 2 rings (SSSR count).